The largest absolute Gasteiger partial charge is 0.294 e. The second-order valence-corrected chi connectivity index (χ2v) is 6.20. The molecule has 0 atom stereocenters. The Kier molecular flexibility index (Phi) is 4.19. The van der Waals surface area contributed by atoms with E-state index in [0.29, 0.717) is 16.5 Å². The first-order valence-electron chi connectivity index (χ1n) is 7.01. The van der Waals surface area contributed by atoms with Crippen molar-refractivity contribution < 1.29 is 4.79 Å². The van der Waals surface area contributed by atoms with E-state index in [4.69, 9.17) is 23.2 Å². The van der Waals surface area contributed by atoms with Crippen molar-refractivity contribution >= 4 is 40.6 Å². The van der Waals surface area contributed by atoms with Crippen LogP contribution < -0.4 is 0 Å². The van der Waals surface area contributed by atoms with Crippen LogP contribution in [0.3, 0.4) is 0 Å². The lowest BCUT2D eigenvalue weighted by Crippen LogP contribution is -1.95. The molecule has 0 amide bonds. The Morgan fingerprint density at radius 1 is 0.909 bits per heavy atom. The summed E-state index contributed by atoms with van der Waals surface area (Å²) in [6.45, 7) is 2.00. The van der Waals surface area contributed by atoms with E-state index >= 15 is 0 Å². The molecule has 3 rings (SSSR count). The van der Waals surface area contributed by atoms with Gasteiger partial charge in [-0.2, -0.15) is 0 Å². The highest BCUT2D eigenvalue weighted by Crippen LogP contribution is 2.36. The normalized spacial score (nSPS) is 16.7. The molecule has 0 saturated heterocycles. The van der Waals surface area contributed by atoms with Crippen LogP contribution in [0.4, 0.5) is 0 Å². The number of halogens is 2. The van der Waals surface area contributed by atoms with Gasteiger partial charge in [-0.3, -0.25) is 4.79 Å². The van der Waals surface area contributed by atoms with Crippen LogP contribution in [0.2, 0.25) is 10.0 Å². The lowest BCUT2D eigenvalue weighted by Gasteiger charge is -2.03. The van der Waals surface area contributed by atoms with E-state index < -0.39 is 0 Å². The van der Waals surface area contributed by atoms with Gasteiger partial charge < -0.3 is 0 Å². The van der Waals surface area contributed by atoms with Crippen LogP contribution in [-0.4, -0.2) is 5.78 Å². The summed E-state index contributed by atoms with van der Waals surface area (Å²) in [6, 6.07) is 15.0. The molecular formula is C19H14Cl2O. The van der Waals surface area contributed by atoms with E-state index in [1.807, 2.05) is 61.5 Å². The summed E-state index contributed by atoms with van der Waals surface area (Å²) < 4.78 is 0. The van der Waals surface area contributed by atoms with Gasteiger partial charge in [-0.25, -0.2) is 0 Å². The van der Waals surface area contributed by atoms with Crippen molar-refractivity contribution in [1.82, 2.24) is 0 Å². The third-order valence-electron chi connectivity index (χ3n) is 3.83. The molecule has 0 N–H and O–H groups in total. The molecule has 0 spiro atoms. The third kappa shape index (κ3) is 3.01. The molecule has 1 aliphatic carbocycles. The Hall–Kier alpha value is -1.83. The van der Waals surface area contributed by atoms with Gasteiger partial charge in [-0.1, -0.05) is 53.5 Å². The van der Waals surface area contributed by atoms with Gasteiger partial charge in [0.05, 0.1) is 0 Å². The maximum absolute atomic E-state index is 12.4. The van der Waals surface area contributed by atoms with E-state index in [2.05, 4.69) is 0 Å². The highest BCUT2D eigenvalue weighted by atomic mass is 35.5. The molecule has 22 heavy (non-hydrogen) atoms. The smallest absolute Gasteiger partial charge is 0.168 e. The predicted molar refractivity (Wildman–Crippen MR) is 93.1 cm³/mol. The fourth-order valence-electron chi connectivity index (χ4n) is 2.68. The van der Waals surface area contributed by atoms with Crippen LogP contribution in [-0.2, 0) is 4.79 Å². The summed E-state index contributed by atoms with van der Waals surface area (Å²) in [4.78, 5) is 12.4. The highest BCUT2D eigenvalue weighted by Gasteiger charge is 2.25. The van der Waals surface area contributed by atoms with E-state index in [9.17, 15) is 4.79 Å². The lowest BCUT2D eigenvalue weighted by atomic mass is 10.0. The van der Waals surface area contributed by atoms with Gasteiger partial charge in [-0.15, -0.1) is 0 Å². The molecule has 0 fully saturated rings. The average Bonchev–Trinajstić information content (AvgIpc) is 2.77. The van der Waals surface area contributed by atoms with Crippen LogP contribution in [0.15, 0.2) is 59.7 Å². The number of rotatable bonds is 2. The van der Waals surface area contributed by atoms with E-state index in [1.165, 1.54) is 0 Å². The zero-order valence-corrected chi connectivity index (χ0v) is 13.6. The minimum Gasteiger partial charge on any atom is -0.294 e. The SMILES string of the molecule is CC1=C(c2ccc(Cl)cc2)C(=O)C/C1=C/c1ccc(Cl)cc1. The Labute approximate surface area is 139 Å². The Morgan fingerprint density at radius 3 is 2.05 bits per heavy atom. The maximum Gasteiger partial charge on any atom is 0.168 e. The summed E-state index contributed by atoms with van der Waals surface area (Å²) in [5.74, 6) is 0.153. The predicted octanol–water partition coefficient (Wildman–Crippen LogP) is 5.82. The first-order valence-corrected chi connectivity index (χ1v) is 7.77. The van der Waals surface area contributed by atoms with Gasteiger partial charge in [0, 0.05) is 22.0 Å². The fourth-order valence-corrected chi connectivity index (χ4v) is 2.93. The first kappa shape index (κ1) is 15.1. The fraction of sp³-hybridized carbons (Fsp3) is 0.105. The molecule has 0 bridgehead atoms. The van der Waals surface area contributed by atoms with Gasteiger partial charge in [0.15, 0.2) is 5.78 Å². The Bertz CT molecular complexity index is 781. The van der Waals surface area contributed by atoms with Crippen LogP contribution >= 0.6 is 23.2 Å². The van der Waals surface area contributed by atoms with E-state index in [-0.39, 0.29) is 5.78 Å². The summed E-state index contributed by atoms with van der Waals surface area (Å²) in [6.07, 6.45) is 2.49. The van der Waals surface area contributed by atoms with Crippen molar-refractivity contribution in [2.24, 2.45) is 0 Å². The molecule has 110 valence electrons. The third-order valence-corrected chi connectivity index (χ3v) is 4.33. The quantitative estimate of drug-likeness (QED) is 0.678. The maximum atomic E-state index is 12.4. The van der Waals surface area contributed by atoms with E-state index in [1.54, 1.807) is 0 Å². The van der Waals surface area contributed by atoms with Gasteiger partial charge >= 0.3 is 0 Å². The number of Topliss-reactive ketones (excluding diaryl/α,β-unsaturated/α-hetero) is 1. The number of benzene rings is 2. The Morgan fingerprint density at radius 2 is 1.45 bits per heavy atom. The lowest BCUT2D eigenvalue weighted by molar-refractivity contribution is -0.112. The number of hydrogen-bond acceptors (Lipinski definition) is 1. The van der Waals surface area contributed by atoms with Crippen molar-refractivity contribution in [1.29, 1.82) is 0 Å². The van der Waals surface area contributed by atoms with Gasteiger partial charge in [-0.05, 0) is 53.5 Å². The van der Waals surface area contributed by atoms with Crippen molar-refractivity contribution in [3.63, 3.8) is 0 Å². The minimum absolute atomic E-state index is 0.153. The highest BCUT2D eigenvalue weighted by molar-refractivity contribution is 6.31. The van der Waals surface area contributed by atoms with Gasteiger partial charge in [0.1, 0.15) is 0 Å². The first-order chi connectivity index (χ1) is 10.5. The number of hydrogen-bond donors (Lipinski definition) is 0. The number of carbonyl (C=O) groups is 1. The number of carbonyl (C=O) groups excluding carboxylic acids is 1. The zero-order valence-electron chi connectivity index (χ0n) is 12.1. The van der Waals surface area contributed by atoms with E-state index in [0.717, 1.165) is 27.8 Å². The average molecular weight is 329 g/mol. The molecule has 1 aliphatic rings. The Balaban J connectivity index is 2.00. The standard InChI is InChI=1S/C19H14Cl2O/c1-12-15(10-13-2-6-16(20)7-3-13)11-18(22)19(12)14-4-8-17(21)9-5-14/h2-10H,11H2,1H3/b15-10-. The summed E-state index contributed by atoms with van der Waals surface area (Å²) in [5.41, 5.74) is 4.84. The molecule has 0 aromatic heterocycles. The van der Waals surface area contributed by atoms with Crippen molar-refractivity contribution in [3.8, 4) is 0 Å². The summed E-state index contributed by atoms with van der Waals surface area (Å²) >= 11 is 11.8. The molecule has 1 nitrogen and oxygen atoms in total. The monoisotopic (exact) mass is 328 g/mol. The number of ketones is 1. The van der Waals surface area contributed by atoms with Crippen LogP contribution in [0.25, 0.3) is 11.6 Å². The van der Waals surface area contributed by atoms with Crippen LogP contribution in [0.5, 0.6) is 0 Å². The molecule has 0 unspecified atom stereocenters. The molecule has 0 saturated carbocycles. The molecule has 0 aliphatic heterocycles. The van der Waals surface area contributed by atoms with Gasteiger partial charge in [0.25, 0.3) is 0 Å². The molecule has 0 heterocycles. The second kappa shape index (κ2) is 6.12. The second-order valence-electron chi connectivity index (χ2n) is 5.33. The molecular weight excluding hydrogens is 315 g/mol. The zero-order chi connectivity index (χ0) is 15.7. The van der Waals surface area contributed by atoms with Crippen molar-refractivity contribution in [2.75, 3.05) is 0 Å². The molecule has 2 aromatic carbocycles. The minimum atomic E-state index is 0.153. The molecule has 0 radical (unpaired) electrons. The van der Waals surface area contributed by atoms with Crippen molar-refractivity contribution in [3.05, 3.63) is 80.8 Å². The molecule has 3 heteroatoms. The van der Waals surface area contributed by atoms with Crippen LogP contribution in [0, 0.1) is 0 Å². The topological polar surface area (TPSA) is 17.1 Å². The summed E-state index contributed by atoms with van der Waals surface area (Å²) in [7, 11) is 0. The van der Waals surface area contributed by atoms with Gasteiger partial charge in [0.2, 0.25) is 0 Å². The number of allylic oxidation sites excluding steroid dienone is 3. The van der Waals surface area contributed by atoms with Crippen molar-refractivity contribution in [2.45, 2.75) is 13.3 Å². The summed E-state index contributed by atoms with van der Waals surface area (Å²) in [5, 5.41) is 1.38. The van der Waals surface area contributed by atoms with Crippen LogP contribution in [0.1, 0.15) is 24.5 Å². The molecule has 2 aromatic rings.